The fraction of sp³-hybridized carbons (Fsp3) is 0.571. The van der Waals surface area contributed by atoms with Gasteiger partial charge in [-0.15, -0.1) is 0 Å². The van der Waals surface area contributed by atoms with Gasteiger partial charge >= 0.3 is 0 Å². The molecule has 0 saturated carbocycles. The van der Waals surface area contributed by atoms with Crippen LogP contribution in [-0.4, -0.2) is 0 Å². The van der Waals surface area contributed by atoms with Gasteiger partial charge in [-0.25, -0.2) is 0 Å². The normalized spacial score (nSPS) is 12.4. The smallest absolute Gasteiger partial charge is 0.0517 e. The van der Waals surface area contributed by atoms with Crippen LogP contribution in [0.1, 0.15) is 45.1 Å². The third-order valence-electron chi connectivity index (χ3n) is 3.22. The van der Waals surface area contributed by atoms with Crippen molar-refractivity contribution in [3.8, 4) is 0 Å². The first-order valence-corrected chi connectivity index (χ1v) is 6.36. The van der Waals surface area contributed by atoms with E-state index in [0.29, 0.717) is 0 Å². The van der Waals surface area contributed by atoms with Gasteiger partial charge in [0.15, 0.2) is 0 Å². The van der Waals surface area contributed by atoms with Crippen molar-refractivity contribution in [1.29, 1.82) is 0 Å². The van der Waals surface area contributed by atoms with Crippen molar-refractivity contribution in [2.24, 2.45) is 11.8 Å². The van der Waals surface area contributed by atoms with E-state index < -0.39 is 0 Å². The predicted molar refractivity (Wildman–Crippen MR) is 71.3 cm³/mol. The molecule has 2 nitrogen and oxygen atoms in total. The molecule has 0 bridgehead atoms. The van der Waals surface area contributed by atoms with E-state index in [1.165, 1.54) is 31.2 Å². The average molecular weight is 220 g/mol. The van der Waals surface area contributed by atoms with E-state index in [9.17, 15) is 0 Å². The van der Waals surface area contributed by atoms with Crippen LogP contribution in [-0.2, 0) is 6.42 Å². The van der Waals surface area contributed by atoms with Crippen molar-refractivity contribution in [1.82, 2.24) is 0 Å². The summed E-state index contributed by atoms with van der Waals surface area (Å²) in [4.78, 5) is 0. The number of rotatable bonds is 7. The quantitative estimate of drug-likeness (QED) is 0.543. The molecule has 2 heteroatoms. The molecular formula is C14H24N2. The highest BCUT2D eigenvalue weighted by molar-refractivity contribution is 5.50. The number of nitrogen functional groups attached to an aromatic ring is 1. The number of hydrazine groups is 1. The van der Waals surface area contributed by atoms with Gasteiger partial charge in [-0.3, -0.25) is 5.84 Å². The number of hydrogen-bond donors (Lipinski definition) is 2. The zero-order valence-electron chi connectivity index (χ0n) is 10.5. The number of nitrogens with one attached hydrogen (secondary N) is 1. The molecular weight excluding hydrogens is 196 g/mol. The highest BCUT2D eigenvalue weighted by Gasteiger charge is 2.09. The molecule has 0 radical (unpaired) electrons. The van der Waals surface area contributed by atoms with Crippen LogP contribution in [0.25, 0.3) is 0 Å². The molecule has 1 atom stereocenters. The van der Waals surface area contributed by atoms with Gasteiger partial charge in [-0.05, 0) is 24.0 Å². The molecule has 0 fully saturated rings. The molecule has 3 N–H and O–H groups in total. The van der Waals surface area contributed by atoms with Crippen LogP contribution in [0.2, 0.25) is 0 Å². The predicted octanol–water partition coefficient (Wildman–Crippen LogP) is 3.73. The molecule has 0 aliphatic rings. The molecule has 16 heavy (non-hydrogen) atoms. The summed E-state index contributed by atoms with van der Waals surface area (Å²) in [6, 6.07) is 8.32. The Hall–Kier alpha value is -1.02. The van der Waals surface area contributed by atoms with E-state index in [1.54, 1.807) is 0 Å². The number of nitrogens with two attached hydrogens (primary N) is 1. The standard InChI is InChI=1S/C14H24N2/c1-3-5-8-12(4-2)11-13-9-6-7-10-14(13)16-15/h6-7,9-10,12,16H,3-5,8,11,15H2,1-2H3. The Morgan fingerprint density at radius 1 is 1.25 bits per heavy atom. The van der Waals surface area contributed by atoms with Crippen molar-refractivity contribution in [3.05, 3.63) is 29.8 Å². The summed E-state index contributed by atoms with van der Waals surface area (Å²) in [6.07, 6.45) is 6.33. The van der Waals surface area contributed by atoms with Gasteiger partial charge in [0.25, 0.3) is 0 Å². The van der Waals surface area contributed by atoms with Crippen LogP contribution in [0.3, 0.4) is 0 Å². The summed E-state index contributed by atoms with van der Waals surface area (Å²) < 4.78 is 0. The molecule has 0 aromatic heterocycles. The second-order valence-corrected chi connectivity index (χ2v) is 4.42. The second kappa shape index (κ2) is 7.29. The molecule has 0 aliphatic heterocycles. The zero-order valence-corrected chi connectivity index (χ0v) is 10.5. The highest BCUT2D eigenvalue weighted by Crippen LogP contribution is 2.23. The van der Waals surface area contributed by atoms with Gasteiger partial charge in [0.1, 0.15) is 0 Å². The lowest BCUT2D eigenvalue weighted by atomic mass is 9.91. The zero-order chi connectivity index (χ0) is 11.8. The Morgan fingerprint density at radius 2 is 2.00 bits per heavy atom. The molecule has 1 aromatic rings. The van der Waals surface area contributed by atoms with Crippen LogP contribution < -0.4 is 11.3 Å². The van der Waals surface area contributed by atoms with E-state index >= 15 is 0 Å². The van der Waals surface area contributed by atoms with Gasteiger partial charge in [0, 0.05) is 0 Å². The molecule has 0 saturated heterocycles. The topological polar surface area (TPSA) is 38.0 Å². The first-order chi connectivity index (χ1) is 7.81. The van der Waals surface area contributed by atoms with Gasteiger partial charge in [-0.1, -0.05) is 57.7 Å². The Morgan fingerprint density at radius 3 is 2.62 bits per heavy atom. The second-order valence-electron chi connectivity index (χ2n) is 4.42. The lowest BCUT2D eigenvalue weighted by molar-refractivity contribution is 0.449. The Kier molecular flexibility index (Phi) is 5.94. The highest BCUT2D eigenvalue weighted by atomic mass is 15.2. The third-order valence-corrected chi connectivity index (χ3v) is 3.22. The minimum atomic E-state index is 0.787. The number of anilines is 1. The lowest BCUT2D eigenvalue weighted by Crippen LogP contribution is -2.11. The number of para-hydroxylation sites is 1. The molecule has 1 aromatic carbocycles. The van der Waals surface area contributed by atoms with E-state index in [2.05, 4.69) is 31.4 Å². The molecule has 90 valence electrons. The largest absolute Gasteiger partial charge is 0.324 e. The minimum Gasteiger partial charge on any atom is -0.324 e. The van der Waals surface area contributed by atoms with Crippen molar-refractivity contribution in [3.63, 3.8) is 0 Å². The maximum Gasteiger partial charge on any atom is 0.0517 e. The van der Waals surface area contributed by atoms with Gasteiger partial charge < -0.3 is 5.43 Å². The van der Waals surface area contributed by atoms with Crippen LogP contribution in [0.5, 0.6) is 0 Å². The average Bonchev–Trinajstić information content (AvgIpc) is 2.34. The third kappa shape index (κ3) is 3.86. The Labute approximate surface area is 99.2 Å². The van der Waals surface area contributed by atoms with Crippen molar-refractivity contribution in [2.75, 3.05) is 5.43 Å². The molecule has 0 amide bonds. The first kappa shape index (κ1) is 13.0. The molecule has 0 aliphatic carbocycles. The van der Waals surface area contributed by atoms with Crippen LogP contribution >= 0.6 is 0 Å². The maximum absolute atomic E-state index is 5.52. The number of unbranched alkanes of at least 4 members (excludes halogenated alkanes) is 1. The van der Waals surface area contributed by atoms with E-state index in [0.717, 1.165) is 18.0 Å². The summed E-state index contributed by atoms with van der Waals surface area (Å²) in [5.74, 6) is 6.30. The van der Waals surface area contributed by atoms with Crippen molar-refractivity contribution in [2.45, 2.75) is 46.0 Å². The van der Waals surface area contributed by atoms with Crippen molar-refractivity contribution < 1.29 is 0 Å². The fourth-order valence-electron chi connectivity index (χ4n) is 2.09. The number of hydrogen-bond acceptors (Lipinski definition) is 2. The van der Waals surface area contributed by atoms with E-state index in [1.807, 2.05) is 12.1 Å². The summed E-state index contributed by atoms with van der Waals surface area (Å²) in [5.41, 5.74) is 5.19. The summed E-state index contributed by atoms with van der Waals surface area (Å²) in [7, 11) is 0. The van der Waals surface area contributed by atoms with Crippen LogP contribution in [0.15, 0.2) is 24.3 Å². The van der Waals surface area contributed by atoms with Gasteiger partial charge in [0.2, 0.25) is 0 Å². The van der Waals surface area contributed by atoms with E-state index in [-0.39, 0.29) is 0 Å². The molecule has 0 spiro atoms. The van der Waals surface area contributed by atoms with E-state index in [4.69, 9.17) is 5.84 Å². The Bertz CT molecular complexity index is 297. The van der Waals surface area contributed by atoms with Gasteiger partial charge in [-0.2, -0.15) is 0 Å². The van der Waals surface area contributed by atoms with Crippen molar-refractivity contribution >= 4 is 5.69 Å². The number of benzene rings is 1. The monoisotopic (exact) mass is 220 g/mol. The molecule has 1 rings (SSSR count). The SMILES string of the molecule is CCCCC(CC)Cc1ccccc1NN. The van der Waals surface area contributed by atoms with Gasteiger partial charge in [0.05, 0.1) is 5.69 Å². The lowest BCUT2D eigenvalue weighted by Gasteiger charge is -2.16. The summed E-state index contributed by atoms with van der Waals surface area (Å²) in [6.45, 7) is 4.53. The maximum atomic E-state index is 5.52. The first-order valence-electron chi connectivity index (χ1n) is 6.36. The Balaban J connectivity index is 2.62. The summed E-state index contributed by atoms with van der Waals surface area (Å²) >= 11 is 0. The molecule has 0 heterocycles. The summed E-state index contributed by atoms with van der Waals surface area (Å²) in [5, 5.41) is 0. The minimum absolute atomic E-state index is 0.787. The fourth-order valence-corrected chi connectivity index (χ4v) is 2.09. The van der Waals surface area contributed by atoms with Crippen LogP contribution in [0, 0.1) is 5.92 Å². The van der Waals surface area contributed by atoms with Crippen LogP contribution in [0.4, 0.5) is 5.69 Å². The molecule has 1 unspecified atom stereocenters.